The molecule has 6 heteroatoms. The molecule has 14 heavy (non-hydrogen) atoms. The number of nitrogens with zero attached hydrogens (tertiary/aromatic N) is 1. The first-order valence-electron chi connectivity index (χ1n) is 3.62. The number of rotatable bonds is 2. The first-order chi connectivity index (χ1) is 6.45. The Hall–Kier alpha value is -1.98. The summed E-state index contributed by atoms with van der Waals surface area (Å²) in [6.07, 6.45) is 0. The number of carbonyl (C=O) groups is 1. The number of halogens is 1. The lowest BCUT2D eigenvalue weighted by atomic mass is 10.1. The Morgan fingerprint density at radius 3 is 2.57 bits per heavy atom. The molecule has 0 heterocycles. The van der Waals surface area contributed by atoms with Gasteiger partial charge in [0.2, 0.25) is 0 Å². The Morgan fingerprint density at radius 1 is 1.57 bits per heavy atom. The fourth-order valence-electron chi connectivity index (χ4n) is 1.03. The molecule has 0 aliphatic rings. The number of nitro groups is 1. The highest BCUT2D eigenvalue weighted by molar-refractivity contribution is 5.92. The molecule has 0 aliphatic heterocycles. The molecule has 0 amide bonds. The summed E-state index contributed by atoms with van der Waals surface area (Å²) in [5.74, 6) is -2.70. The zero-order valence-electron chi connectivity index (χ0n) is 7.15. The normalized spacial score (nSPS) is 9.86. The fourth-order valence-corrected chi connectivity index (χ4v) is 1.03. The van der Waals surface area contributed by atoms with Crippen LogP contribution in [0.1, 0.15) is 15.9 Å². The molecule has 0 aromatic heterocycles. The molecule has 0 radical (unpaired) electrons. The number of benzene rings is 1. The monoisotopic (exact) mass is 199 g/mol. The van der Waals surface area contributed by atoms with Crippen LogP contribution in [0, 0.1) is 22.9 Å². The van der Waals surface area contributed by atoms with Gasteiger partial charge >= 0.3 is 5.97 Å². The highest BCUT2D eigenvalue weighted by Gasteiger charge is 2.25. The van der Waals surface area contributed by atoms with Crippen molar-refractivity contribution < 1.29 is 19.2 Å². The molecule has 5 nitrogen and oxygen atoms in total. The lowest BCUT2D eigenvalue weighted by Gasteiger charge is -2.01. The van der Waals surface area contributed by atoms with Gasteiger partial charge in [-0.15, -0.1) is 0 Å². The highest BCUT2D eigenvalue weighted by Crippen LogP contribution is 2.23. The van der Waals surface area contributed by atoms with E-state index in [0.29, 0.717) is 0 Å². The number of carboxylic acids is 1. The Kier molecular flexibility index (Phi) is 2.46. The zero-order valence-corrected chi connectivity index (χ0v) is 7.15. The third-order valence-corrected chi connectivity index (χ3v) is 1.72. The molecule has 0 fully saturated rings. The van der Waals surface area contributed by atoms with Crippen LogP contribution in [0.15, 0.2) is 12.1 Å². The van der Waals surface area contributed by atoms with Gasteiger partial charge < -0.3 is 5.11 Å². The Labute approximate surface area is 77.9 Å². The van der Waals surface area contributed by atoms with E-state index in [1.54, 1.807) is 0 Å². The van der Waals surface area contributed by atoms with E-state index in [-0.39, 0.29) is 5.56 Å². The van der Waals surface area contributed by atoms with Crippen molar-refractivity contribution >= 4 is 11.7 Å². The summed E-state index contributed by atoms with van der Waals surface area (Å²) < 4.78 is 13.2. The lowest BCUT2D eigenvalue weighted by molar-refractivity contribution is -0.385. The number of aryl methyl sites for hydroxylation is 1. The van der Waals surface area contributed by atoms with E-state index < -0.39 is 28.0 Å². The van der Waals surface area contributed by atoms with Gasteiger partial charge in [-0.1, -0.05) is 0 Å². The van der Waals surface area contributed by atoms with E-state index in [2.05, 4.69) is 0 Å². The minimum absolute atomic E-state index is 0.0630. The van der Waals surface area contributed by atoms with Crippen molar-refractivity contribution in [3.63, 3.8) is 0 Å². The van der Waals surface area contributed by atoms with Gasteiger partial charge in [0.1, 0.15) is 5.82 Å². The summed E-state index contributed by atoms with van der Waals surface area (Å²) >= 11 is 0. The fraction of sp³-hybridized carbons (Fsp3) is 0.125. The van der Waals surface area contributed by atoms with Gasteiger partial charge in [0.25, 0.3) is 5.69 Å². The molecular formula is C8H6FNO4. The molecule has 1 rings (SSSR count). The van der Waals surface area contributed by atoms with Gasteiger partial charge in [-0.2, -0.15) is 0 Å². The first kappa shape index (κ1) is 10.1. The van der Waals surface area contributed by atoms with Gasteiger partial charge in [-0.25, -0.2) is 9.18 Å². The van der Waals surface area contributed by atoms with Crippen LogP contribution in [0.5, 0.6) is 0 Å². The zero-order chi connectivity index (χ0) is 10.9. The van der Waals surface area contributed by atoms with Crippen LogP contribution in [-0.4, -0.2) is 16.0 Å². The minimum atomic E-state index is -1.64. The van der Waals surface area contributed by atoms with Crippen molar-refractivity contribution in [1.82, 2.24) is 0 Å². The summed E-state index contributed by atoms with van der Waals surface area (Å²) in [4.78, 5) is 20.0. The van der Waals surface area contributed by atoms with Crippen LogP contribution in [0.4, 0.5) is 10.1 Å². The molecular weight excluding hydrogens is 193 g/mol. The summed E-state index contributed by atoms with van der Waals surface area (Å²) in [6.45, 7) is 1.34. The second-order valence-corrected chi connectivity index (χ2v) is 2.65. The average molecular weight is 199 g/mol. The van der Waals surface area contributed by atoms with Crippen LogP contribution >= 0.6 is 0 Å². The number of nitro benzene ring substituents is 1. The third-order valence-electron chi connectivity index (χ3n) is 1.72. The molecule has 0 atom stereocenters. The Morgan fingerprint density at radius 2 is 2.14 bits per heavy atom. The number of hydrogen-bond acceptors (Lipinski definition) is 3. The van der Waals surface area contributed by atoms with Crippen LogP contribution < -0.4 is 0 Å². The number of aromatic carboxylic acids is 1. The van der Waals surface area contributed by atoms with Crippen LogP contribution in [0.25, 0.3) is 0 Å². The smallest absolute Gasteiger partial charge is 0.345 e. The van der Waals surface area contributed by atoms with Crippen LogP contribution in [0.2, 0.25) is 0 Å². The largest absolute Gasteiger partial charge is 0.477 e. The number of carboxylic acid groups (broad SMARTS) is 1. The summed E-state index contributed by atoms with van der Waals surface area (Å²) in [5, 5.41) is 18.9. The molecule has 0 unspecified atom stereocenters. The van der Waals surface area contributed by atoms with Crippen molar-refractivity contribution in [1.29, 1.82) is 0 Å². The van der Waals surface area contributed by atoms with Gasteiger partial charge in [0.05, 0.1) is 4.92 Å². The van der Waals surface area contributed by atoms with E-state index in [1.165, 1.54) is 13.0 Å². The second kappa shape index (κ2) is 3.41. The third kappa shape index (κ3) is 1.54. The quantitative estimate of drug-likeness (QED) is 0.581. The van der Waals surface area contributed by atoms with Crippen molar-refractivity contribution in [2.45, 2.75) is 6.92 Å². The minimum Gasteiger partial charge on any atom is -0.477 e. The predicted octanol–water partition coefficient (Wildman–Crippen LogP) is 1.74. The van der Waals surface area contributed by atoms with Gasteiger partial charge in [-0.3, -0.25) is 10.1 Å². The van der Waals surface area contributed by atoms with E-state index in [0.717, 1.165) is 6.07 Å². The lowest BCUT2D eigenvalue weighted by Crippen LogP contribution is -2.07. The maximum absolute atomic E-state index is 13.2. The maximum atomic E-state index is 13.2. The molecule has 1 aromatic rings. The van der Waals surface area contributed by atoms with E-state index in [1.807, 2.05) is 0 Å². The Balaban J connectivity index is 3.53. The molecule has 74 valence electrons. The summed E-state index contributed by atoms with van der Waals surface area (Å²) in [7, 11) is 0. The van der Waals surface area contributed by atoms with Crippen molar-refractivity contribution in [2.24, 2.45) is 0 Å². The Bertz CT molecular complexity index is 416. The SMILES string of the molecule is Cc1ccc([N+](=O)[O-])c(C(=O)O)c1F. The maximum Gasteiger partial charge on any atom is 0.345 e. The molecule has 0 saturated carbocycles. The van der Waals surface area contributed by atoms with Gasteiger partial charge in [0, 0.05) is 6.07 Å². The summed E-state index contributed by atoms with van der Waals surface area (Å²) in [6, 6.07) is 2.14. The van der Waals surface area contributed by atoms with Crippen molar-refractivity contribution in [3.05, 3.63) is 39.2 Å². The standard InChI is InChI=1S/C8H6FNO4/c1-4-2-3-5(10(13)14)6(7(4)9)8(11)12/h2-3H,1H3,(H,11,12). The van der Waals surface area contributed by atoms with Crippen molar-refractivity contribution in [2.75, 3.05) is 0 Å². The first-order valence-corrected chi connectivity index (χ1v) is 3.62. The second-order valence-electron chi connectivity index (χ2n) is 2.65. The molecule has 0 aliphatic carbocycles. The van der Waals surface area contributed by atoms with E-state index in [9.17, 15) is 19.3 Å². The van der Waals surface area contributed by atoms with Gasteiger partial charge in [-0.05, 0) is 18.6 Å². The molecule has 1 N–H and O–H groups in total. The van der Waals surface area contributed by atoms with Gasteiger partial charge in [0.15, 0.2) is 5.56 Å². The average Bonchev–Trinajstić information content (AvgIpc) is 2.08. The molecule has 0 spiro atoms. The number of hydrogen-bond donors (Lipinski definition) is 1. The predicted molar refractivity (Wildman–Crippen MR) is 44.8 cm³/mol. The van der Waals surface area contributed by atoms with Crippen molar-refractivity contribution in [3.8, 4) is 0 Å². The molecule has 0 bridgehead atoms. The topological polar surface area (TPSA) is 80.4 Å². The van der Waals surface area contributed by atoms with Crippen LogP contribution in [-0.2, 0) is 0 Å². The van der Waals surface area contributed by atoms with E-state index >= 15 is 0 Å². The summed E-state index contributed by atoms with van der Waals surface area (Å²) in [5.41, 5.74) is -1.57. The highest BCUT2D eigenvalue weighted by atomic mass is 19.1. The van der Waals surface area contributed by atoms with E-state index in [4.69, 9.17) is 5.11 Å². The molecule has 1 aromatic carbocycles. The van der Waals surface area contributed by atoms with Crippen LogP contribution in [0.3, 0.4) is 0 Å². The molecule has 0 saturated heterocycles.